The summed E-state index contributed by atoms with van der Waals surface area (Å²) in [7, 11) is -3.68. The number of nitrogens with one attached hydrogen (secondary N) is 2. The summed E-state index contributed by atoms with van der Waals surface area (Å²) in [5.41, 5.74) is 6.87. The van der Waals surface area contributed by atoms with Crippen LogP contribution in [0.25, 0.3) is 0 Å². The molecule has 0 radical (unpaired) electrons. The standard InChI is InChI=1S/C18H23N3O3S/c1-3-13(2)17(19)18(22)20-14-9-11-16(12-10-14)25(23,24)21-15-7-5-4-6-8-15/h4-13,17,21H,3,19H2,1-2H3,(H,20,22). The quantitative estimate of drug-likeness (QED) is 0.706. The largest absolute Gasteiger partial charge is 0.325 e. The number of amides is 1. The number of sulfonamides is 1. The monoisotopic (exact) mass is 361 g/mol. The molecule has 1 amide bonds. The van der Waals surface area contributed by atoms with E-state index in [1.54, 1.807) is 42.5 Å². The summed E-state index contributed by atoms with van der Waals surface area (Å²) in [6.45, 7) is 3.88. The van der Waals surface area contributed by atoms with E-state index in [0.29, 0.717) is 11.4 Å². The molecule has 134 valence electrons. The van der Waals surface area contributed by atoms with Crippen LogP contribution >= 0.6 is 0 Å². The van der Waals surface area contributed by atoms with E-state index >= 15 is 0 Å². The Bertz CT molecular complexity index is 805. The number of hydrogen-bond acceptors (Lipinski definition) is 4. The summed E-state index contributed by atoms with van der Waals surface area (Å²) < 4.78 is 27.2. The first kappa shape index (κ1) is 19.0. The molecule has 2 aromatic rings. The molecule has 0 aliphatic rings. The van der Waals surface area contributed by atoms with Gasteiger partial charge in [0.1, 0.15) is 0 Å². The van der Waals surface area contributed by atoms with E-state index < -0.39 is 16.1 Å². The maximum atomic E-state index is 12.4. The van der Waals surface area contributed by atoms with Crippen LogP contribution in [0.3, 0.4) is 0 Å². The first-order valence-electron chi connectivity index (χ1n) is 8.08. The maximum absolute atomic E-state index is 12.4. The molecule has 0 heterocycles. The smallest absolute Gasteiger partial charge is 0.261 e. The molecule has 2 rings (SSSR count). The molecule has 0 fully saturated rings. The van der Waals surface area contributed by atoms with Crippen LogP contribution in [0.5, 0.6) is 0 Å². The summed E-state index contributed by atoms with van der Waals surface area (Å²) in [6.07, 6.45) is 0.803. The Balaban J connectivity index is 2.07. The Labute approximate surface area is 148 Å². The second kappa shape index (κ2) is 8.13. The fourth-order valence-corrected chi connectivity index (χ4v) is 3.23. The summed E-state index contributed by atoms with van der Waals surface area (Å²) >= 11 is 0. The summed E-state index contributed by atoms with van der Waals surface area (Å²) in [5.74, 6) is -0.220. The molecule has 4 N–H and O–H groups in total. The van der Waals surface area contributed by atoms with Gasteiger partial charge in [-0.25, -0.2) is 8.42 Å². The summed E-state index contributed by atoms with van der Waals surface area (Å²) in [4.78, 5) is 12.2. The third-order valence-corrected chi connectivity index (χ3v) is 5.42. The number of anilines is 2. The predicted molar refractivity (Wildman–Crippen MR) is 99.8 cm³/mol. The van der Waals surface area contributed by atoms with Crippen LogP contribution in [0.2, 0.25) is 0 Å². The van der Waals surface area contributed by atoms with Crippen molar-refractivity contribution >= 4 is 27.3 Å². The number of carbonyl (C=O) groups excluding carboxylic acids is 1. The number of carbonyl (C=O) groups is 1. The van der Waals surface area contributed by atoms with Crippen molar-refractivity contribution < 1.29 is 13.2 Å². The van der Waals surface area contributed by atoms with E-state index in [4.69, 9.17) is 5.73 Å². The second-order valence-electron chi connectivity index (χ2n) is 5.90. The molecule has 0 aromatic heterocycles. The van der Waals surface area contributed by atoms with Gasteiger partial charge in [0.2, 0.25) is 5.91 Å². The van der Waals surface area contributed by atoms with Gasteiger partial charge in [-0.2, -0.15) is 0 Å². The third kappa shape index (κ3) is 5.04. The first-order chi connectivity index (χ1) is 11.8. The zero-order valence-electron chi connectivity index (χ0n) is 14.3. The maximum Gasteiger partial charge on any atom is 0.261 e. The Hall–Kier alpha value is -2.38. The van der Waals surface area contributed by atoms with Crippen LogP contribution in [0.15, 0.2) is 59.5 Å². The number of hydrogen-bond donors (Lipinski definition) is 3. The van der Waals surface area contributed by atoms with Crippen LogP contribution in [0, 0.1) is 5.92 Å². The zero-order valence-corrected chi connectivity index (χ0v) is 15.1. The minimum Gasteiger partial charge on any atom is -0.325 e. The lowest BCUT2D eigenvalue weighted by Crippen LogP contribution is -2.40. The van der Waals surface area contributed by atoms with Crippen molar-refractivity contribution in [2.24, 2.45) is 11.7 Å². The average Bonchev–Trinajstić information content (AvgIpc) is 2.61. The lowest BCUT2D eigenvalue weighted by Gasteiger charge is -2.17. The molecule has 0 spiro atoms. The third-order valence-electron chi connectivity index (χ3n) is 4.02. The SMILES string of the molecule is CCC(C)C(N)C(=O)Nc1ccc(S(=O)(=O)Nc2ccccc2)cc1. The van der Waals surface area contributed by atoms with Gasteiger partial charge in [-0.05, 0) is 42.3 Å². The topological polar surface area (TPSA) is 101 Å². The Morgan fingerprint density at radius 3 is 2.20 bits per heavy atom. The summed E-state index contributed by atoms with van der Waals surface area (Å²) in [6, 6.07) is 14.0. The van der Waals surface area contributed by atoms with Crippen molar-refractivity contribution in [3.05, 3.63) is 54.6 Å². The molecule has 7 heteroatoms. The lowest BCUT2D eigenvalue weighted by molar-refractivity contribution is -0.118. The van der Waals surface area contributed by atoms with E-state index in [2.05, 4.69) is 10.0 Å². The van der Waals surface area contributed by atoms with Crippen LogP contribution in [-0.4, -0.2) is 20.4 Å². The molecule has 0 saturated heterocycles. The highest BCUT2D eigenvalue weighted by Crippen LogP contribution is 2.18. The van der Waals surface area contributed by atoms with E-state index in [0.717, 1.165) is 6.42 Å². The molecule has 2 aromatic carbocycles. The van der Waals surface area contributed by atoms with Crippen LogP contribution in [-0.2, 0) is 14.8 Å². The first-order valence-corrected chi connectivity index (χ1v) is 9.56. The molecule has 0 saturated carbocycles. The van der Waals surface area contributed by atoms with Crippen molar-refractivity contribution in [1.29, 1.82) is 0 Å². The van der Waals surface area contributed by atoms with E-state index in [-0.39, 0.29) is 16.7 Å². The molecule has 0 aliphatic heterocycles. The number of para-hydroxylation sites is 1. The highest BCUT2D eigenvalue weighted by molar-refractivity contribution is 7.92. The Morgan fingerprint density at radius 1 is 1.04 bits per heavy atom. The van der Waals surface area contributed by atoms with Crippen LogP contribution in [0.4, 0.5) is 11.4 Å². The molecule has 25 heavy (non-hydrogen) atoms. The zero-order chi connectivity index (χ0) is 18.4. The number of benzene rings is 2. The van der Waals surface area contributed by atoms with Gasteiger partial charge >= 0.3 is 0 Å². The van der Waals surface area contributed by atoms with Crippen molar-refractivity contribution in [2.45, 2.75) is 31.2 Å². The van der Waals surface area contributed by atoms with Gasteiger partial charge in [-0.3, -0.25) is 9.52 Å². The molecule has 6 nitrogen and oxygen atoms in total. The van der Waals surface area contributed by atoms with Crippen molar-refractivity contribution in [2.75, 3.05) is 10.0 Å². The van der Waals surface area contributed by atoms with Gasteiger partial charge in [0.25, 0.3) is 10.0 Å². The van der Waals surface area contributed by atoms with Gasteiger partial charge < -0.3 is 11.1 Å². The van der Waals surface area contributed by atoms with Gasteiger partial charge in [0.15, 0.2) is 0 Å². The van der Waals surface area contributed by atoms with Crippen LogP contribution in [0.1, 0.15) is 20.3 Å². The Kier molecular flexibility index (Phi) is 6.17. The van der Waals surface area contributed by atoms with Crippen molar-refractivity contribution in [1.82, 2.24) is 0 Å². The minimum atomic E-state index is -3.68. The molecular weight excluding hydrogens is 338 g/mol. The second-order valence-corrected chi connectivity index (χ2v) is 7.58. The van der Waals surface area contributed by atoms with E-state index in [1.165, 1.54) is 12.1 Å². The van der Waals surface area contributed by atoms with Gasteiger partial charge in [0, 0.05) is 11.4 Å². The van der Waals surface area contributed by atoms with Crippen molar-refractivity contribution in [3.8, 4) is 0 Å². The van der Waals surface area contributed by atoms with Gasteiger partial charge in [0.05, 0.1) is 10.9 Å². The molecular formula is C18H23N3O3S. The highest BCUT2D eigenvalue weighted by Gasteiger charge is 2.20. The average molecular weight is 361 g/mol. The molecule has 2 atom stereocenters. The molecule has 2 unspecified atom stereocenters. The number of rotatable bonds is 7. The fourth-order valence-electron chi connectivity index (χ4n) is 2.18. The Morgan fingerprint density at radius 2 is 1.64 bits per heavy atom. The van der Waals surface area contributed by atoms with Gasteiger partial charge in [-0.1, -0.05) is 38.5 Å². The highest BCUT2D eigenvalue weighted by atomic mass is 32.2. The molecule has 0 bridgehead atoms. The number of nitrogens with two attached hydrogens (primary N) is 1. The molecule has 0 aliphatic carbocycles. The van der Waals surface area contributed by atoms with E-state index in [1.807, 2.05) is 13.8 Å². The van der Waals surface area contributed by atoms with Crippen LogP contribution < -0.4 is 15.8 Å². The van der Waals surface area contributed by atoms with E-state index in [9.17, 15) is 13.2 Å². The van der Waals surface area contributed by atoms with Gasteiger partial charge in [-0.15, -0.1) is 0 Å². The predicted octanol–water partition coefficient (Wildman–Crippen LogP) is 2.80. The normalized spacial score (nSPS) is 13.7. The summed E-state index contributed by atoms with van der Waals surface area (Å²) in [5, 5.41) is 2.71. The lowest BCUT2D eigenvalue weighted by atomic mass is 9.99. The minimum absolute atomic E-state index is 0.0646. The van der Waals surface area contributed by atoms with Crippen molar-refractivity contribution in [3.63, 3.8) is 0 Å². The fraction of sp³-hybridized carbons (Fsp3) is 0.278.